The zero-order valence-corrected chi connectivity index (χ0v) is 10.8. The number of rotatable bonds is 9. The average molecular weight is 212 g/mol. The van der Waals surface area contributed by atoms with Gasteiger partial charge >= 0.3 is 0 Å². The lowest BCUT2D eigenvalue weighted by Crippen LogP contribution is -2.37. The molecule has 1 rings (SSSR count). The fourth-order valence-electron chi connectivity index (χ4n) is 2.16. The highest BCUT2D eigenvalue weighted by molar-refractivity contribution is 4.87. The van der Waals surface area contributed by atoms with E-state index >= 15 is 0 Å². The quantitative estimate of drug-likeness (QED) is 0.591. The lowest BCUT2D eigenvalue weighted by atomic mass is 10.1. The van der Waals surface area contributed by atoms with Crippen LogP contribution in [0.3, 0.4) is 0 Å². The summed E-state index contributed by atoms with van der Waals surface area (Å²) in [6, 6.07) is 1.69. The fraction of sp³-hybridized carbons (Fsp3) is 1.00. The van der Waals surface area contributed by atoms with Crippen LogP contribution in [0.5, 0.6) is 0 Å². The van der Waals surface area contributed by atoms with Crippen LogP contribution in [0.1, 0.15) is 52.9 Å². The van der Waals surface area contributed by atoms with E-state index in [-0.39, 0.29) is 0 Å². The number of unbranched alkanes of at least 4 members (excludes halogenated alkanes) is 1. The van der Waals surface area contributed by atoms with E-state index in [9.17, 15) is 0 Å². The van der Waals surface area contributed by atoms with Gasteiger partial charge in [0.15, 0.2) is 0 Å². The molecule has 0 spiro atoms. The van der Waals surface area contributed by atoms with Crippen molar-refractivity contribution in [3.8, 4) is 0 Å². The van der Waals surface area contributed by atoms with Crippen LogP contribution in [0, 0.1) is 0 Å². The number of nitrogens with one attached hydrogen (secondary N) is 1. The summed E-state index contributed by atoms with van der Waals surface area (Å²) in [7, 11) is 0. The van der Waals surface area contributed by atoms with Gasteiger partial charge in [0.05, 0.1) is 0 Å². The third kappa shape index (κ3) is 4.98. The molecule has 90 valence electrons. The standard InChI is InChI=1S/C13H28N2/c1-4-6-11-15(13-7-8-13)12(3)9-10-14-5-2/h12-14H,4-11H2,1-3H3. The van der Waals surface area contributed by atoms with Gasteiger partial charge in [0, 0.05) is 12.1 Å². The van der Waals surface area contributed by atoms with E-state index in [2.05, 4.69) is 31.0 Å². The normalized spacial score (nSPS) is 18.4. The first-order chi connectivity index (χ1) is 7.29. The Hall–Kier alpha value is -0.0800. The number of hydrogen-bond acceptors (Lipinski definition) is 2. The molecular formula is C13H28N2. The molecule has 1 N–H and O–H groups in total. The van der Waals surface area contributed by atoms with E-state index in [1.807, 2.05) is 0 Å². The molecule has 0 amide bonds. The van der Waals surface area contributed by atoms with Crippen molar-refractivity contribution in [1.82, 2.24) is 10.2 Å². The van der Waals surface area contributed by atoms with Gasteiger partial charge in [-0.15, -0.1) is 0 Å². The van der Waals surface area contributed by atoms with Crippen LogP contribution < -0.4 is 5.32 Å². The zero-order chi connectivity index (χ0) is 11.1. The Morgan fingerprint density at radius 2 is 2.07 bits per heavy atom. The largest absolute Gasteiger partial charge is 0.317 e. The molecule has 2 nitrogen and oxygen atoms in total. The summed E-state index contributed by atoms with van der Waals surface area (Å²) in [6.45, 7) is 10.5. The van der Waals surface area contributed by atoms with Crippen molar-refractivity contribution in [1.29, 1.82) is 0 Å². The second-order valence-corrected chi connectivity index (χ2v) is 4.81. The predicted molar refractivity (Wildman–Crippen MR) is 67.3 cm³/mol. The van der Waals surface area contributed by atoms with E-state index in [1.54, 1.807) is 0 Å². The smallest absolute Gasteiger partial charge is 0.00992 e. The molecule has 0 bridgehead atoms. The van der Waals surface area contributed by atoms with Crippen molar-refractivity contribution in [3.05, 3.63) is 0 Å². The summed E-state index contributed by atoms with van der Waals surface area (Å²) in [5, 5.41) is 3.42. The molecule has 0 heterocycles. The average Bonchev–Trinajstić information content (AvgIpc) is 3.03. The molecule has 1 aliphatic rings. The van der Waals surface area contributed by atoms with Gasteiger partial charge in [-0.05, 0) is 52.2 Å². The van der Waals surface area contributed by atoms with E-state index in [0.717, 1.165) is 18.6 Å². The zero-order valence-electron chi connectivity index (χ0n) is 10.8. The van der Waals surface area contributed by atoms with Crippen molar-refractivity contribution in [2.24, 2.45) is 0 Å². The Balaban J connectivity index is 2.20. The number of nitrogens with zero attached hydrogens (tertiary/aromatic N) is 1. The van der Waals surface area contributed by atoms with Gasteiger partial charge in [-0.3, -0.25) is 4.90 Å². The molecule has 0 saturated heterocycles. The molecule has 1 unspecified atom stereocenters. The molecule has 1 fully saturated rings. The monoisotopic (exact) mass is 212 g/mol. The molecule has 15 heavy (non-hydrogen) atoms. The van der Waals surface area contributed by atoms with E-state index in [4.69, 9.17) is 0 Å². The van der Waals surface area contributed by atoms with Crippen LogP contribution in [-0.4, -0.2) is 36.6 Å². The van der Waals surface area contributed by atoms with E-state index in [1.165, 1.54) is 45.2 Å². The molecule has 2 heteroatoms. The molecule has 0 radical (unpaired) electrons. The third-order valence-corrected chi connectivity index (χ3v) is 3.34. The SMILES string of the molecule is CCCCN(C(C)CCNCC)C1CC1. The minimum absolute atomic E-state index is 0.767. The Kier molecular flexibility index (Phi) is 6.26. The first-order valence-corrected chi connectivity index (χ1v) is 6.76. The van der Waals surface area contributed by atoms with Crippen LogP contribution in [0.25, 0.3) is 0 Å². The van der Waals surface area contributed by atoms with Crippen molar-refractivity contribution in [2.45, 2.75) is 65.0 Å². The summed E-state index contributed by atoms with van der Waals surface area (Å²) in [5.41, 5.74) is 0. The molecule has 0 aliphatic heterocycles. The summed E-state index contributed by atoms with van der Waals surface area (Å²) in [4.78, 5) is 2.74. The van der Waals surface area contributed by atoms with Gasteiger partial charge in [0.25, 0.3) is 0 Å². The molecule has 0 aromatic heterocycles. The van der Waals surface area contributed by atoms with Crippen molar-refractivity contribution in [2.75, 3.05) is 19.6 Å². The summed E-state index contributed by atoms with van der Waals surface area (Å²) < 4.78 is 0. The lowest BCUT2D eigenvalue weighted by molar-refractivity contribution is 0.186. The Morgan fingerprint density at radius 1 is 1.33 bits per heavy atom. The summed E-state index contributed by atoms with van der Waals surface area (Å²) in [5.74, 6) is 0. The Morgan fingerprint density at radius 3 is 2.60 bits per heavy atom. The van der Waals surface area contributed by atoms with Gasteiger partial charge < -0.3 is 5.32 Å². The van der Waals surface area contributed by atoms with Crippen molar-refractivity contribution < 1.29 is 0 Å². The predicted octanol–water partition coefficient (Wildman–Crippen LogP) is 2.64. The number of hydrogen-bond donors (Lipinski definition) is 1. The first kappa shape index (κ1) is 13.0. The molecule has 0 aromatic carbocycles. The second-order valence-electron chi connectivity index (χ2n) is 4.81. The molecule has 1 aliphatic carbocycles. The first-order valence-electron chi connectivity index (χ1n) is 6.76. The van der Waals surface area contributed by atoms with Gasteiger partial charge in [0.1, 0.15) is 0 Å². The topological polar surface area (TPSA) is 15.3 Å². The molecule has 1 atom stereocenters. The maximum atomic E-state index is 3.42. The van der Waals surface area contributed by atoms with Gasteiger partial charge in [0.2, 0.25) is 0 Å². The highest BCUT2D eigenvalue weighted by Gasteiger charge is 2.31. The van der Waals surface area contributed by atoms with Crippen molar-refractivity contribution >= 4 is 0 Å². The minimum Gasteiger partial charge on any atom is -0.317 e. The molecular weight excluding hydrogens is 184 g/mol. The van der Waals surface area contributed by atoms with Gasteiger partial charge in [-0.2, -0.15) is 0 Å². The molecule has 1 saturated carbocycles. The van der Waals surface area contributed by atoms with Crippen LogP contribution in [-0.2, 0) is 0 Å². The maximum Gasteiger partial charge on any atom is 0.00992 e. The lowest BCUT2D eigenvalue weighted by Gasteiger charge is -2.29. The van der Waals surface area contributed by atoms with Gasteiger partial charge in [-0.1, -0.05) is 20.3 Å². The highest BCUT2D eigenvalue weighted by Crippen LogP contribution is 2.29. The Labute approximate surface area is 95.4 Å². The highest BCUT2D eigenvalue weighted by atomic mass is 15.2. The van der Waals surface area contributed by atoms with Crippen LogP contribution in [0.4, 0.5) is 0 Å². The van der Waals surface area contributed by atoms with Crippen LogP contribution in [0.15, 0.2) is 0 Å². The third-order valence-electron chi connectivity index (χ3n) is 3.34. The minimum atomic E-state index is 0.767. The summed E-state index contributed by atoms with van der Waals surface area (Å²) in [6.07, 6.45) is 6.86. The van der Waals surface area contributed by atoms with E-state index in [0.29, 0.717) is 0 Å². The van der Waals surface area contributed by atoms with E-state index < -0.39 is 0 Å². The van der Waals surface area contributed by atoms with Crippen molar-refractivity contribution in [3.63, 3.8) is 0 Å². The van der Waals surface area contributed by atoms with Gasteiger partial charge in [-0.25, -0.2) is 0 Å². The Bertz CT molecular complexity index is 155. The van der Waals surface area contributed by atoms with Crippen LogP contribution in [0.2, 0.25) is 0 Å². The van der Waals surface area contributed by atoms with Crippen LogP contribution >= 0.6 is 0 Å². The second kappa shape index (κ2) is 7.24. The molecule has 0 aromatic rings. The summed E-state index contributed by atoms with van der Waals surface area (Å²) >= 11 is 0. The fourth-order valence-corrected chi connectivity index (χ4v) is 2.16. The maximum absolute atomic E-state index is 3.42.